The Kier molecular flexibility index (Phi) is 6.06. The number of carbonyl (C=O) groups excluding carboxylic acids is 1. The van der Waals surface area contributed by atoms with E-state index in [2.05, 4.69) is 5.32 Å². The first-order chi connectivity index (χ1) is 10.7. The molecular weight excluding hydrogens is 336 g/mol. The predicted octanol–water partition coefficient (Wildman–Crippen LogP) is 1.85. The molecule has 7 heteroatoms. The highest BCUT2D eigenvalue weighted by Crippen LogP contribution is 2.15. The summed E-state index contributed by atoms with van der Waals surface area (Å²) in [5.41, 5.74) is 1.04. The Morgan fingerprint density at radius 2 is 2.17 bits per heavy atom. The molecule has 0 spiro atoms. The van der Waals surface area contributed by atoms with Crippen molar-refractivity contribution >= 4 is 27.3 Å². The lowest BCUT2D eigenvalue weighted by atomic mass is 10.2. The number of hydrogen-bond donors (Lipinski definition) is 1. The second-order valence-electron chi connectivity index (χ2n) is 6.30. The van der Waals surface area contributed by atoms with Gasteiger partial charge < -0.3 is 5.32 Å². The van der Waals surface area contributed by atoms with Crippen molar-refractivity contribution in [3.8, 4) is 0 Å². The Morgan fingerprint density at radius 3 is 2.74 bits per heavy atom. The molecule has 1 aliphatic rings. The number of nitrogens with zero attached hydrogens (tertiary/aromatic N) is 1. The molecule has 1 heterocycles. The summed E-state index contributed by atoms with van der Waals surface area (Å²) in [6.45, 7) is 4.91. The highest BCUT2D eigenvalue weighted by Gasteiger charge is 2.29. The van der Waals surface area contributed by atoms with E-state index in [1.807, 2.05) is 43.0 Å². The maximum atomic E-state index is 12.2. The van der Waals surface area contributed by atoms with Crippen LogP contribution in [0.5, 0.6) is 0 Å². The molecule has 0 saturated carbocycles. The van der Waals surface area contributed by atoms with Crippen LogP contribution in [0.4, 0.5) is 0 Å². The van der Waals surface area contributed by atoms with E-state index in [9.17, 15) is 13.2 Å². The van der Waals surface area contributed by atoms with Crippen LogP contribution >= 0.6 is 11.6 Å². The maximum Gasteiger partial charge on any atom is 0.234 e. The zero-order chi connectivity index (χ0) is 17.0. The molecule has 128 valence electrons. The quantitative estimate of drug-likeness (QED) is 0.842. The lowest BCUT2D eigenvalue weighted by Crippen LogP contribution is -2.44. The highest BCUT2D eigenvalue weighted by atomic mass is 35.5. The van der Waals surface area contributed by atoms with E-state index in [4.69, 9.17) is 11.6 Å². The monoisotopic (exact) mass is 358 g/mol. The normalized spacial score (nSPS) is 20.1. The molecule has 1 saturated heterocycles. The summed E-state index contributed by atoms with van der Waals surface area (Å²) in [7, 11) is -2.98. The number of carbonyl (C=O) groups is 1. The van der Waals surface area contributed by atoms with Crippen molar-refractivity contribution in [2.24, 2.45) is 0 Å². The van der Waals surface area contributed by atoms with E-state index in [1.165, 1.54) is 0 Å². The Morgan fingerprint density at radius 1 is 1.43 bits per heavy atom. The van der Waals surface area contributed by atoms with Gasteiger partial charge in [-0.15, -0.1) is 0 Å². The fourth-order valence-electron chi connectivity index (χ4n) is 2.66. The van der Waals surface area contributed by atoms with Crippen molar-refractivity contribution in [1.82, 2.24) is 10.2 Å². The first-order valence-electron chi connectivity index (χ1n) is 7.73. The standard InChI is InChI=1S/C16H23ClN2O3S/c1-12(2)19(9-13-4-3-5-14(17)8-13)10-16(20)18-15-6-7-23(21,22)11-15/h3-5,8,12,15H,6-7,9-11H2,1-2H3,(H,18,20). The van der Waals surface area contributed by atoms with Gasteiger partial charge in [-0.2, -0.15) is 0 Å². The van der Waals surface area contributed by atoms with E-state index < -0.39 is 9.84 Å². The molecule has 0 bridgehead atoms. The smallest absolute Gasteiger partial charge is 0.234 e. The molecule has 1 unspecified atom stereocenters. The van der Waals surface area contributed by atoms with E-state index >= 15 is 0 Å². The molecule has 5 nitrogen and oxygen atoms in total. The average molecular weight is 359 g/mol. The van der Waals surface area contributed by atoms with Crippen LogP contribution in [0.1, 0.15) is 25.8 Å². The van der Waals surface area contributed by atoms with Crippen LogP contribution in [0, 0.1) is 0 Å². The van der Waals surface area contributed by atoms with E-state index in [0.29, 0.717) is 18.0 Å². The van der Waals surface area contributed by atoms with Gasteiger partial charge in [0.1, 0.15) is 0 Å². The topological polar surface area (TPSA) is 66.5 Å². The zero-order valence-electron chi connectivity index (χ0n) is 13.5. The molecule has 0 aliphatic carbocycles. The largest absolute Gasteiger partial charge is 0.351 e. The SMILES string of the molecule is CC(C)N(CC(=O)NC1CCS(=O)(=O)C1)Cc1cccc(Cl)c1. The minimum Gasteiger partial charge on any atom is -0.351 e. The second-order valence-corrected chi connectivity index (χ2v) is 8.96. The number of rotatable bonds is 6. The van der Waals surface area contributed by atoms with E-state index in [0.717, 1.165) is 5.56 Å². The third-order valence-electron chi connectivity index (χ3n) is 3.95. The van der Waals surface area contributed by atoms with Crippen molar-refractivity contribution in [3.05, 3.63) is 34.9 Å². The van der Waals surface area contributed by atoms with Gasteiger partial charge in [-0.25, -0.2) is 8.42 Å². The van der Waals surface area contributed by atoms with Crippen LogP contribution < -0.4 is 5.32 Å². The number of halogens is 1. The number of hydrogen-bond acceptors (Lipinski definition) is 4. The minimum absolute atomic E-state index is 0.0503. The van der Waals surface area contributed by atoms with Crippen LogP contribution in [0.25, 0.3) is 0 Å². The van der Waals surface area contributed by atoms with Gasteiger partial charge >= 0.3 is 0 Å². The second kappa shape index (κ2) is 7.64. The molecule has 0 aromatic heterocycles. The highest BCUT2D eigenvalue weighted by molar-refractivity contribution is 7.91. The third kappa shape index (κ3) is 5.79. The molecule has 23 heavy (non-hydrogen) atoms. The summed E-state index contributed by atoms with van der Waals surface area (Å²) in [6, 6.07) is 7.50. The van der Waals surface area contributed by atoms with Crippen LogP contribution in [0.15, 0.2) is 24.3 Å². The van der Waals surface area contributed by atoms with Gasteiger partial charge in [-0.05, 0) is 38.0 Å². The number of benzene rings is 1. The first-order valence-corrected chi connectivity index (χ1v) is 9.93. The zero-order valence-corrected chi connectivity index (χ0v) is 15.0. The van der Waals surface area contributed by atoms with Crippen LogP contribution in [0.2, 0.25) is 5.02 Å². The summed E-state index contributed by atoms with van der Waals surface area (Å²) in [6.07, 6.45) is 0.504. The van der Waals surface area contributed by atoms with Crippen LogP contribution in [-0.4, -0.2) is 49.4 Å². The van der Waals surface area contributed by atoms with Crippen molar-refractivity contribution in [1.29, 1.82) is 0 Å². The molecule has 1 N–H and O–H groups in total. The van der Waals surface area contributed by atoms with Crippen molar-refractivity contribution in [2.45, 2.75) is 38.9 Å². The van der Waals surface area contributed by atoms with Crippen molar-refractivity contribution in [3.63, 3.8) is 0 Å². The van der Waals surface area contributed by atoms with Gasteiger partial charge in [0.2, 0.25) is 5.91 Å². The van der Waals surface area contributed by atoms with E-state index in [-0.39, 0.29) is 36.0 Å². The van der Waals surface area contributed by atoms with Gasteiger partial charge in [0.15, 0.2) is 9.84 Å². The number of amides is 1. The molecule has 1 atom stereocenters. The first kappa shape index (κ1) is 18.2. The Balaban J connectivity index is 1.92. The molecule has 1 aromatic rings. The van der Waals surface area contributed by atoms with Gasteiger partial charge in [0.05, 0.1) is 18.1 Å². The minimum atomic E-state index is -2.98. The fourth-order valence-corrected chi connectivity index (χ4v) is 4.54. The molecule has 0 radical (unpaired) electrons. The Bertz CT molecular complexity index is 661. The molecule has 1 amide bonds. The molecule has 2 rings (SSSR count). The predicted molar refractivity (Wildman–Crippen MR) is 92.2 cm³/mol. The third-order valence-corrected chi connectivity index (χ3v) is 5.95. The molecule has 1 fully saturated rings. The summed E-state index contributed by atoms with van der Waals surface area (Å²) in [4.78, 5) is 14.2. The van der Waals surface area contributed by atoms with Gasteiger partial charge in [0.25, 0.3) is 0 Å². The van der Waals surface area contributed by atoms with Crippen molar-refractivity contribution in [2.75, 3.05) is 18.1 Å². The van der Waals surface area contributed by atoms with Gasteiger partial charge in [0, 0.05) is 23.7 Å². The van der Waals surface area contributed by atoms with E-state index in [1.54, 1.807) is 0 Å². The summed E-state index contributed by atoms with van der Waals surface area (Å²) in [5, 5.41) is 3.50. The van der Waals surface area contributed by atoms with Crippen molar-refractivity contribution < 1.29 is 13.2 Å². The summed E-state index contributed by atoms with van der Waals surface area (Å²) < 4.78 is 22.9. The lowest BCUT2D eigenvalue weighted by Gasteiger charge is -2.26. The fraction of sp³-hybridized carbons (Fsp3) is 0.562. The molecule has 1 aliphatic heterocycles. The maximum absolute atomic E-state index is 12.2. The molecule has 1 aromatic carbocycles. The number of sulfone groups is 1. The van der Waals surface area contributed by atoms with Crippen LogP contribution in [-0.2, 0) is 21.2 Å². The van der Waals surface area contributed by atoms with Gasteiger partial charge in [-0.1, -0.05) is 23.7 Å². The Labute approximate surface area is 142 Å². The summed E-state index contributed by atoms with van der Waals surface area (Å²) in [5.74, 6) is 0.0751. The lowest BCUT2D eigenvalue weighted by molar-refractivity contribution is -0.123. The average Bonchev–Trinajstić information content (AvgIpc) is 2.77. The summed E-state index contributed by atoms with van der Waals surface area (Å²) >= 11 is 6.00. The molecular formula is C16H23ClN2O3S. The number of nitrogens with one attached hydrogen (secondary N) is 1. The van der Waals surface area contributed by atoms with Crippen LogP contribution in [0.3, 0.4) is 0 Å². The Hall–Kier alpha value is -1.11. The van der Waals surface area contributed by atoms with Gasteiger partial charge in [-0.3, -0.25) is 9.69 Å².